The van der Waals surface area contributed by atoms with Crippen molar-refractivity contribution in [1.82, 2.24) is 0 Å². The van der Waals surface area contributed by atoms with Crippen molar-refractivity contribution in [2.75, 3.05) is 5.32 Å². The molecule has 0 bridgehead atoms. The quantitative estimate of drug-likeness (QED) is 0.640. The van der Waals surface area contributed by atoms with Gasteiger partial charge in [0.1, 0.15) is 5.82 Å². The van der Waals surface area contributed by atoms with Gasteiger partial charge in [0.15, 0.2) is 0 Å². The first-order valence-corrected chi connectivity index (χ1v) is 6.75. The van der Waals surface area contributed by atoms with Gasteiger partial charge in [-0.25, -0.2) is 4.39 Å². The van der Waals surface area contributed by atoms with Crippen LogP contribution in [0.1, 0.15) is 10.4 Å². The molecule has 5 nitrogen and oxygen atoms in total. The fourth-order valence-corrected chi connectivity index (χ4v) is 2.19. The molecule has 0 fully saturated rings. The number of nitro benzene ring substituents is 1. The van der Waals surface area contributed by atoms with Gasteiger partial charge in [-0.2, -0.15) is 0 Å². The molecule has 0 aliphatic carbocycles. The minimum Gasteiger partial charge on any atom is -0.322 e. The molecular weight excluding hydrogens is 367 g/mol. The van der Waals surface area contributed by atoms with Crippen molar-refractivity contribution in [3.63, 3.8) is 0 Å². The number of non-ortho nitro benzene ring substituents is 1. The molecule has 2 aromatic rings. The van der Waals surface area contributed by atoms with E-state index >= 15 is 0 Å². The number of hydrogen-bond acceptors (Lipinski definition) is 3. The lowest BCUT2D eigenvalue weighted by Crippen LogP contribution is -2.13. The molecule has 0 radical (unpaired) electrons. The molecule has 21 heavy (non-hydrogen) atoms. The van der Waals surface area contributed by atoms with Crippen molar-refractivity contribution in [1.29, 1.82) is 0 Å². The van der Waals surface area contributed by atoms with Gasteiger partial charge in [0.25, 0.3) is 11.6 Å². The molecular formula is C13H7BrClFN2O3. The summed E-state index contributed by atoms with van der Waals surface area (Å²) in [5, 5.41) is 13.2. The minimum atomic E-state index is -0.820. The summed E-state index contributed by atoms with van der Waals surface area (Å²) in [5.41, 5.74) is -0.314. The molecule has 8 heteroatoms. The number of amides is 1. The number of nitrogens with one attached hydrogen (secondary N) is 1. The highest BCUT2D eigenvalue weighted by molar-refractivity contribution is 9.10. The summed E-state index contributed by atoms with van der Waals surface area (Å²) in [5.74, 6) is -1.42. The first-order valence-electron chi connectivity index (χ1n) is 5.58. The zero-order valence-electron chi connectivity index (χ0n) is 10.3. The topological polar surface area (TPSA) is 72.2 Å². The van der Waals surface area contributed by atoms with Crippen LogP contribution < -0.4 is 5.32 Å². The smallest absolute Gasteiger partial charge is 0.274 e. The number of anilines is 1. The Balaban J connectivity index is 2.31. The van der Waals surface area contributed by atoms with E-state index in [1.807, 2.05) is 0 Å². The highest BCUT2D eigenvalue weighted by Crippen LogP contribution is 2.24. The Morgan fingerprint density at radius 3 is 2.67 bits per heavy atom. The number of halogens is 3. The van der Waals surface area contributed by atoms with Gasteiger partial charge in [-0.05, 0) is 24.3 Å². The molecule has 0 aliphatic rings. The van der Waals surface area contributed by atoms with Crippen LogP contribution in [0.3, 0.4) is 0 Å². The van der Waals surface area contributed by atoms with Gasteiger partial charge >= 0.3 is 0 Å². The zero-order chi connectivity index (χ0) is 15.6. The van der Waals surface area contributed by atoms with Crippen molar-refractivity contribution < 1.29 is 14.1 Å². The van der Waals surface area contributed by atoms with Gasteiger partial charge in [-0.1, -0.05) is 27.5 Å². The number of nitrogens with zero attached hydrogens (tertiary/aromatic N) is 1. The van der Waals surface area contributed by atoms with Crippen LogP contribution in [0.2, 0.25) is 5.02 Å². The molecule has 1 N–H and O–H groups in total. The lowest BCUT2D eigenvalue weighted by molar-refractivity contribution is -0.385. The van der Waals surface area contributed by atoms with Crippen molar-refractivity contribution in [2.45, 2.75) is 0 Å². The average Bonchev–Trinajstić information content (AvgIpc) is 2.40. The molecule has 0 atom stereocenters. The third kappa shape index (κ3) is 3.77. The second kappa shape index (κ2) is 6.19. The van der Waals surface area contributed by atoms with E-state index in [4.69, 9.17) is 11.6 Å². The average molecular weight is 374 g/mol. The summed E-state index contributed by atoms with van der Waals surface area (Å²) in [6, 6.07) is 7.48. The number of hydrogen-bond donors (Lipinski definition) is 1. The Kier molecular flexibility index (Phi) is 4.54. The van der Waals surface area contributed by atoms with Crippen LogP contribution in [0.25, 0.3) is 0 Å². The molecule has 0 aromatic heterocycles. The third-order valence-electron chi connectivity index (χ3n) is 2.52. The third-order valence-corrected chi connectivity index (χ3v) is 3.35. The van der Waals surface area contributed by atoms with Crippen LogP contribution >= 0.6 is 27.5 Å². The first-order chi connectivity index (χ1) is 9.86. The number of carbonyl (C=O) groups is 1. The van der Waals surface area contributed by atoms with Gasteiger partial charge in [0.05, 0.1) is 27.3 Å². The Morgan fingerprint density at radius 2 is 2.00 bits per heavy atom. The van der Waals surface area contributed by atoms with Crippen LogP contribution in [0, 0.1) is 15.9 Å². The fraction of sp³-hybridized carbons (Fsp3) is 0. The molecule has 0 saturated heterocycles. The van der Waals surface area contributed by atoms with E-state index in [-0.39, 0.29) is 16.3 Å². The molecule has 108 valence electrons. The predicted octanol–water partition coefficient (Wildman–Crippen LogP) is 4.40. The summed E-state index contributed by atoms with van der Waals surface area (Å²) in [4.78, 5) is 22.0. The maximum absolute atomic E-state index is 13.3. The normalized spacial score (nSPS) is 10.2. The van der Waals surface area contributed by atoms with Crippen molar-refractivity contribution in [2.24, 2.45) is 0 Å². The predicted molar refractivity (Wildman–Crippen MR) is 80.2 cm³/mol. The van der Waals surface area contributed by atoms with Gasteiger partial charge in [-0.3, -0.25) is 14.9 Å². The Morgan fingerprint density at radius 1 is 1.29 bits per heavy atom. The molecule has 0 aliphatic heterocycles. The van der Waals surface area contributed by atoms with E-state index in [2.05, 4.69) is 21.2 Å². The molecule has 0 heterocycles. The largest absolute Gasteiger partial charge is 0.322 e. The highest BCUT2D eigenvalue weighted by Gasteiger charge is 2.14. The van der Waals surface area contributed by atoms with Crippen LogP contribution in [0.5, 0.6) is 0 Å². The minimum absolute atomic E-state index is 0.0252. The van der Waals surface area contributed by atoms with Crippen molar-refractivity contribution in [3.05, 3.63) is 67.4 Å². The van der Waals surface area contributed by atoms with Gasteiger partial charge in [-0.15, -0.1) is 0 Å². The number of carbonyl (C=O) groups excluding carboxylic acids is 1. The van der Waals surface area contributed by atoms with Crippen LogP contribution in [-0.4, -0.2) is 10.8 Å². The van der Waals surface area contributed by atoms with Crippen LogP contribution in [0.15, 0.2) is 40.9 Å². The number of rotatable bonds is 3. The molecule has 0 unspecified atom stereocenters. The summed E-state index contributed by atoms with van der Waals surface area (Å²) >= 11 is 9.11. The maximum Gasteiger partial charge on any atom is 0.274 e. The fourth-order valence-electron chi connectivity index (χ4n) is 1.62. The zero-order valence-corrected chi connectivity index (χ0v) is 12.6. The lowest BCUT2D eigenvalue weighted by atomic mass is 10.2. The van der Waals surface area contributed by atoms with E-state index in [0.717, 1.165) is 18.2 Å². The van der Waals surface area contributed by atoms with E-state index in [0.29, 0.717) is 4.47 Å². The molecule has 0 saturated carbocycles. The Bertz CT molecular complexity index is 739. The molecule has 2 rings (SSSR count). The second-order valence-corrected chi connectivity index (χ2v) is 5.36. The molecule has 2 aromatic carbocycles. The van der Waals surface area contributed by atoms with Gasteiger partial charge in [0.2, 0.25) is 0 Å². The second-order valence-electron chi connectivity index (χ2n) is 4.03. The summed E-state index contributed by atoms with van der Waals surface area (Å²) in [6.45, 7) is 0. The van der Waals surface area contributed by atoms with Crippen molar-refractivity contribution in [3.8, 4) is 0 Å². The van der Waals surface area contributed by atoms with Crippen molar-refractivity contribution >= 4 is 44.8 Å². The van der Waals surface area contributed by atoms with Gasteiger partial charge in [0, 0.05) is 10.5 Å². The van der Waals surface area contributed by atoms with E-state index < -0.39 is 22.3 Å². The van der Waals surface area contributed by atoms with E-state index in [1.54, 1.807) is 6.07 Å². The molecule has 1 amide bonds. The first kappa shape index (κ1) is 15.4. The number of benzene rings is 2. The van der Waals surface area contributed by atoms with Gasteiger partial charge < -0.3 is 5.32 Å². The van der Waals surface area contributed by atoms with E-state index in [1.165, 1.54) is 12.1 Å². The number of nitro groups is 1. The lowest BCUT2D eigenvalue weighted by Gasteiger charge is -2.07. The highest BCUT2D eigenvalue weighted by atomic mass is 79.9. The monoisotopic (exact) mass is 372 g/mol. The Labute approximate surface area is 132 Å². The summed E-state index contributed by atoms with van der Waals surface area (Å²) in [7, 11) is 0. The van der Waals surface area contributed by atoms with Crippen LogP contribution in [-0.2, 0) is 0 Å². The SMILES string of the molecule is O=C(Nc1cc(F)cc([N+](=O)[O-])c1)c1cc(Br)ccc1Cl. The van der Waals surface area contributed by atoms with E-state index in [9.17, 15) is 19.3 Å². The maximum atomic E-state index is 13.3. The van der Waals surface area contributed by atoms with Crippen LogP contribution in [0.4, 0.5) is 15.8 Å². The summed E-state index contributed by atoms with van der Waals surface area (Å²) < 4.78 is 13.9. The summed E-state index contributed by atoms with van der Waals surface area (Å²) in [6.07, 6.45) is 0. The molecule has 0 spiro atoms. The standard InChI is InChI=1S/C13H7BrClFN2O3/c14-7-1-2-12(15)11(3-7)13(19)17-9-4-8(16)5-10(6-9)18(20)21/h1-6H,(H,17,19). The Hall–Kier alpha value is -1.99.